The molecule has 0 saturated carbocycles. The summed E-state index contributed by atoms with van der Waals surface area (Å²) < 4.78 is 31.9. The predicted octanol–water partition coefficient (Wildman–Crippen LogP) is 2.14. The van der Waals surface area contributed by atoms with E-state index in [0.717, 1.165) is 0 Å². The lowest BCUT2D eigenvalue weighted by atomic mass is 10.2. The predicted molar refractivity (Wildman–Crippen MR) is 70.2 cm³/mol. The molecule has 0 bridgehead atoms. The fourth-order valence-corrected chi connectivity index (χ4v) is 3.77. The van der Waals surface area contributed by atoms with Crippen molar-refractivity contribution in [1.82, 2.24) is 4.31 Å². The fourth-order valence-electron chi connectivity index (χ4n) is 1.95. The number of hydrogen-bond donors (Lipinski definition) is 0. The van der Waals surface area contributed by atoms with Crippen molar-refractivity contribution in [3.8, 4) is 0 Å². The zero-order chi connectivity index (χ0) is 13.3. The Balaban J connectivity index is 2.32. The first-order chi connectivity index (χ1) is 8.41. The molecule has 0 aliphatic carbocycles. The van der Waals surface area contributed by atoms with Crippen LogP contribution in [0.25, 0.3) is 0 Å². The maximum atomic E-state index is 12.5. The summed E-state index contributed by atoms with van der Waals surface area (Å²) >= 11 is 5.77. The Labute approximate surface area is 113 Å². The average Bonchev–Trinajstić information content (AvgIpc) is 2.32. The van der Waals surface area contributed by atoms with Crippen molar-refractivity contribution in [3.63, 3.8) is 0 Å². The maximum absolute atomic E-state index is 12.5. The largest absolute Gasteiger partial charge is 0.375 e. The quantitative estimate of drug-likeness (QED) is 0.838. The van der Waals surface area contributed by atoms with Crippen molar-refractivity contribution >= 4 is 21.6 Å². The molecule has 6 heteroatoms. The molecule has 1 saturated heterocycles. The Bertz CT molecular complexity index is 515. The second-order valence-electron chi connectivity index (χ2n) is 4.52. The van der Waals surface area contributed by atoms with Gasteiger partial charge in [0.2, 0.25) is 10.0 Å². The Morgan fingerprint density at radius 2 is 1.89 bits per heavy atom. The molecule has 0 N–H and O–H groups in total. The number of hydrogen-bond acceptors (Lipinski definition) is 3. The van der Waals surface area contributed by atoms with E-state index in [1.165, 1.54) is 16.4 Å². The minimum Gasteiger partial charge on any atom is -0.375 e. The van der Waals surface area contributed by atoms with Crippen molar-refractivity contribution in [1.29, 1.82) is 0 Å². The van der Waals surface area contributed by atoms with Crippen molar-refractivity contribution in [2.75, 3.05) is 13.2 Å². The van der Waals surface area contributed by atoms with Crippen molar-refractivity contribution < 1.29 is 13.2 Å². The number of nitrogens with zero attached hydrogens (tertiary/aromatic N) is 1. The highest BCUT2D eigenvalue weighted by Crippen LogP contribution is 2.23. The van der Waals surface area contributed by atoms with Gasteiger partial charge in [-0.05, 0) is 38.1 Å². The maximum Gasteiger partial charge on any atom is 0.243 e. The van der Waals surface area contributed by atoms with Crippen LogP contribution >= 0.6 is 11.6 Å². The Kier molecular flexibility index (Phi) is 3.96. The van der Waals surface area contributed by atoms with Crippen molar-refractivity contribution in [2.45, 2.75) is 30.9 Å². The second kappa shape index (κ2) is 5.17. The van der Waals surface area contributed by atoms with Gasteiger partial charge < -0.3 is 4.74 Å². The number of sulfonamides is 1. The Morgan fingerprint density at radius 1 is 1.28 bits per heavy atom. The smallest absolute Gasteiger partial charge is 0.243 e. The summed E-state index contributed by atoms with van der Waals surface area (Å²) in [4.78, 5) is 0.271. The standard InChI is InChI=1S/C12H16ClNO3S/c1-9-8-17-10(2)7-14(9)18(15,16)12-5-3-11(13)4-6-12/h3-6,9-10H,7-8H2,1-2H3. The molecular formula is C12H16ClNO3S. The molecule has 0 spiro atoms. The number of rotatable bonds is 2. The summed E-state index contributed by atoms with van der Waals surface area (Å²) in [7, 11) is -3.47. The van der Waals surface area contributed by atoms with Crippen LogP contribution in [0.1, 0.15) is 13.8 Å². The summed E-state index contributed by atoms with van der Waals surface area (Å²) in [5.74, 6) is 0. The minimum absolute atomic E-state index is 0.0803. The highest BCUT2D eigenvalue weighted by atomic mass is 35.5. The lowest BCUT2D eigenvalue weighted by molar-refractivity contribution is -0.0170. The average molecular weight is 290 g/mol. The van der Waals surface area contributed by atoms with E-state index >= 15 is 0 Å². The third-order valence-corrected chi connectivity index (χ3v) is 5.22. The van der Waals surface area contributed by atoms with E-state index in [1.54, 1.807) is 12.1 Å². The third-order valence-electron chi connectivity index (χ3n) is 2.97. The zero-order valence-electron chi connectivity index (χ0n) is 10.3. The number of morpholine rings is 1. The molecule has 18 heavy (non-hydrogen) atoms. The molecule has 2 rings (SSSR count). The Hall–Kier alpha value is -0.620. The van der Waals surface area contributed by atoms with Crippen LogP contribution in [0.3, 0.4) is 0 Å². The zero-order valence-corrected chi connectivity index (χ0v) is 11.9. The molecule has 4 nitrogen and oxygen atoms in total. The highest BCUT2D eigenvalue weighted by molar-refractivity contribution is 7.89. The molecule has 1 aliphatic heterocycles. The van der Waals surface area contributed by atoms with Gasteiger partial charge >= 0.3 is 0 Å². The Morgan fingerprint density at radius 3 is 2.50 bits per heavy atom. The van der Waals surface area contributed by atoms with Gasteiger partial charge in [0, 0.05) is 17.6 Å². The summed E-state index contributed by atoms with van der Waals surface area (Å²) in [5, 5.41) is 0.525. The molecule has 2 unspecified atom stereocenters. The van der Waals surface area contributed by atoms with E-state index in [2.05, 4.69) is 0 Å². The molecule has 2 atom stereocenters. The monoisotopic (exact) mass is 289 g/mol. The summed E-state index contributed by atoms with van der Waals surface area (Å²) in [6.45, 7) is 4.52. The number of halogens is 1. The van der Waals surface area contributed by atoms with E-state index in [-0.39, 0.29) is 17.0 Å². The number of ether oxygens (including phenoxy) is 1. The minimum atomic E-state index is -3.47. The molecule has 1 fully saturated rings. The van der Waals surface area contributed by atoms with Gasteiger partial charge in [0.25, 0.3) is 0 Å². The van der Waals surface area contributed by atoms with Crippen LogP contribution in [0.2, 0.25) is 5.02 Å². The molecule has 1 aliphatic rings. The lowest BCUT2D eigenvalue weighted by Crippen LogP contribution is -2.50. The lowest BCUT2D eigenvalue weighted by Gasteiger charge is -2.35. The van der Waals surface area contributed by atoms with E-state index in [0.29, 0.717) is 18.2 Å². The topological polar surface area (TPSA) is 46.6 Å². The van der Waals surface area contributed by atoms with Gasteiger partial charge in [-0.3, -0.25) is 0 Å². The second-order valence-corrected chi connectivity index (χ2v) is 6.85. The highest BCUT2D eigenvalue weighted by Gasteiger charge is 2.33. The molecule has 0 radical (unpaired) electrons. The van der Waals surface area contributed by atoms with Crippen molar-refractivity contribution in [3.05, 3.63) is 29.3 Å². The molecule has 1 aromatic rings. The van der Waals surface area contributed by atoms with E-state index in [1.807, 2.05) is 13.8 Å². The normalized spacial score (nSPS) is 26.2. The first-order valence-electron chi connectivity index (χ1n) is 5.80. The van der Waals surface area contributed by atoms with Crippen LogP contribution in [0.4, 0.5) is 0 Å². The van der Waals surface area contributed by atoms with Crippen molar-refractivity contribution in [2.24, 2.45) is 0 Å². The summed E-state index contributed by atoms with van der Waals surface area (Å²) in [5.41, 5.74) is 0. The first-order valence-corrected chi connectivity index (χ1v) is 7.62. The molecule has 0 aromatic heterocycles. The SMILES string of the molecule is CC1CN(S(=O)(=O)c2ccc(Cl)cc2)C(C)CO1. The van der Waals surface area contributed by atoms with Gasteiger partial charge in [0.1, 0.15) is 0 Å². The molecule has 1 aromatic carbocycles. The molecular weight excluding hydrogens is 274 g/mol. The van der Waals surface area contributed by atoms with Crippen LogP contribution in [0, 0.1) is 0 Å². The van der Waals surface area contributed by atoms with E-state index < -0.39 is 10.0 Å². The van der Waals surface area contributed by atoms with E-state index in [4.69, 9.17) is 16.3 Å². The molecule has 100 valence electrons. The summed E-state index contributed by atoms with van der Waals surface area (Å²) in [6, 6.07) is 6.09. The van der Waals surface area contributed by atoms with Gasteiger partial charge in [-0.25, -0.2) is 8.42 Å². The van der Waals surface area contributed by atoms with Gasteiger partial charge in [-0.15, -0.1) is 0 Å². The van der Waals surface area contributed by atoms with Gasteiger partial charge in [0.05, 0.1) is 17.6 Å². The molecule has 1 heterocycles. The van der Waals surface area contributed by atoms with E-state index in [9.17, 15) is 8.42 Å². The van der Waals surface area contributed by atoms with Crippen LogP contribution in [-0.4, -0.2) is 38.0 Å². The van der Waals surface area contributed by atoms with Crippen LogP contribution in [0.15, 0.2) is 29.2 Å². The summed E-state index contributed by atoms with van der Waals surface area (Å²) in [6.07, 6.45) is -0.0803. The van der Waals surface area contributed by atoms with Crippen LogP contribution < -0.4 is 0 Å². The van der Waals surface area contributed by atoms with Gasteiger partial charge in [-0.1, -0.05) is 11.6 Å². The van der Waals surface area contributed by atoms with Crippen LogP contribution in [0.5, 0.6) is 0 Å². The third kappa shape index (κ3) is 2.69. The molecule has 0 amide bonds. The fraction of sp³-hybridized carbons (Fsp3) is 0.500. The van der Waals surface area contributed by atoms with Gasteiger partial charge in [0.15, 0.2) is 0 Å². The first kappa shape index (κ1) is 13.8. The number of benzene rings is 1. The van der Waals surface area contributed by atoms with Gasteiger partial charge in [-0.2, -0.15) is 4.31 Å². The van der Waals surface area contributed by atoms with Crippen LogP contribution in [-0.2, 0) is 14.8 Å².